The third-order valence-corrected chi connectivity index (χ3v) is 6.61. The van der Waals surface area contributed by atoms with Crippen LogP contribution in [0.1, 0.15) is 12.5 Å². The van der Waals surface area contributed by atoms with Crippen LogP contribution >= 0.6 is 23.1 Å². The van der Waals surface area contributed by atoms with Crippen LogP contribution < -0.4 is 10.9 Å². The molecule has 0 saturated carbocycles. The van der Waals surface area contributed by atoms with Gasteiger partial charge >= 0.3 is 0 Å². The van der Waals surface area contributed by atoms with Crippen molar-refractivity contribution in [1.82, 2.24) is 9.55 Å². The van der Waals surface area contributed by atoms with Crippen molar-refractivity contribution < 1.29 is 4.79 Å². The third kappa shape index (κ3) is 4.17. The highest BCUT2D eigenvalue weighted by molar-refractivity contribution is 7.99. The second-order valence-corrected chi connectivity index (χ2v) is 8.67. The summed E-state index contributed by atoms with van der Waals surface area (Å²) < 4.78 is 2.28. The molecule has 5 nitrogen and oxygen atoms in total. The first kappa shape index (κ1) is 20.4. The van der Waals surface area contributed by atoms with E-state index in [0.717, 1.165) is 22.4 Å². The number of carbonyl (C=O) groups excluding carboxylic acids is 1. The predicted octanol–water partition coefficient (Wildman–Crippen LogP) is 5.18. The number of benzene rings is 2. The van der Waals surface area contributed by atoms with Crippen LogP contribution in [0.4, 0.5) is 5.69 Å². The van der Waals surface area contributed by atoms with Gasteiger partial charge in [-0.05, 0) is 37.1 Å². The van der Waals surface area contributed by atoms with E-state index < -0.39 is 0 Å². The van der Waals surface area contributed by atoms with E-state index in [2.05, 4.69) is 5.32 Å². The molecule has 0 atom stereocenters. The van der Waals surface area contributed by atoms with E-state index in [9.17, 15) is 9.59 Å². The molecule has 1 amide bonds. The lowest BCUT2D eigenvalue weighted by Crippen LogP contribution is -2.22. The van der Waals surface area contributed by atoms with Gasteiger partial charge in [-0.2, -0.15) is 0 Å². The van der Waals surface area contributed by atoms with Crippen LogP contribution in [-0.4, -0.2) is 21.2 Å². The van der Waals surface area contributed by atoms with Crippen LogP contribution in [0.2, 0.25) is 0 Å². The SMILES string of the molecule is CCn1c(SCC(=O)Nc2cccc(C)c2)nc2c(-c3ccccc3)csc2c1=O. The van der Waals surface area contributed by atoms with Crippen molar-refractivity contribution in [3.8, 4) is 11.1 Å². The number of aryl methyl sites for hydroxylation is 1. The topological polar surface area (TPSA) is 64.0 Å². The van der Waals surface area contributed by atoms with Gasteiger partial charge in [-0.25, -0.2) is 4.98 Å². The van der Waals surface area contributed by atoms with Gasteiger partial charge in [0.25, 0.3) is 5.56 Å². The maximum Gasteiger partial charge on any atom is 0.272 e. The maximum atomic E-state index is 13.0. The van der Waals surface area contributed by atoms with E-state index in [1.54, 1.807) is 4.57 Å². The summed E-state index contributed by atoms with van der Waals surface area (Å²) in [6.45, 7) is 4.40. The molecule has 0 unspecified atom stereocenters. The molecule has 1 N–H and O–H groups in total. The van der Waals surface area contributed by atoms with Gasteiger partial charge < -0.3 is 5.32 Å². The fourth-order valence-electron chi connectivity index (χ4n) is 3.24. The summed E-state index contributed by atoms with van der Waals surface area (Å²) in [5.74, 6) is 0.0488. The Labute approximate surface area is 182 Å². The lowest BCUT2D eigenvalue weighted by atomic mass is 10.1. The molecular formula is C23H21N3O2S2. The van der Waals surface area contributed by atoms with Crippen LogP contribution in [0.15, 0.2) is 69.9 Å². The molecule has 4 aromatic rings. The Kier molecular flexibility index (Phi) is 6.01. The average Bonchev–Trinajstić information content (AvgIpc) is 3.17. The van der Waals surface area contributed by atoms with E-state index in [1.165, 1.54) is 23.1 Å². The lowest BCUT2D eigenvalue weighted by Gasteiger charge is -2.11. The Morgan fingerprint density at radius 3 is 2.70 bits per heavy atom. The molecule has 2 aromatic carbocycles. The number of nitrogens with one attached hydrogen (secondary N) is 1. The molecule has 152 valence electrons. The Morgan fingerprint density at radius 1 is 1.17 bits per heavy atom. The van der Waals surface area contributed by atoms with Crippen molar-refractivity contribution in [3.05, 3.63) is 75.9 Å². The highest BCUT2D eigenvalue weighted by Gasteiger charge is 2.17. The van der Waals surface area contributed by atoms with Gasteiger partial charge in [0.15, 0.2) is 5.16 Å². The summed E-state index contributed by atoms with van der Waals surface area (Å²) in [6.07, 6.45) is 0. The number of hydrogen-bond acceptors (Lipinski definition) is 5. The first-order valence-electron chi connectivity index (χ1n) is 9.63. The second-order valence-electron chi connectivity index (χ2n) is 6.84. The Bertz CT molecular complexity index is 1260. The molecule has 0 saturated heterocycles. The number of hydrogen-bond donors (Lipinski definition) is 1. The number of amides is 1. The molecule has 0 aliphatic rings. The summed E-state index contributed by atoms with van der Waals surface area (Å²) >= 11 is 2.70. The van der Waals surface area contributed by atoms with E-state index in [1.807, 2.05) is 73.8 Å². The Hall–Kier alpha value is -2.90. The quantitative estimate of drug-likeness (QED) is 0.335. The van der Waals surface area contributed by atoms with Gasteiger partial charge in [-0.15, -0.1) is 11.3 Å². The zero-order valence-corrected chi connectivity index (χ0v) is 18.3. The molecule has 0 aliphatic carbocycles. The van der Waals surface area contributed by atoms with Crippen molar-refractivity contribution >= 4 is 44.9 Å². The second kappa shape index (κ2) is 8.85. The van der Waals surface area contributed by atoms with Gasteiger partial charge in [-0.3, -0.25) is 14.2 Å². The minimum atomic E-state index is -0.129. The van der Waals surface area contributed by atoms with Crippen molar-refractivity contribution in [3.63, 3.8) is 0 Å². The van der Waals surface area contributed by atoms with Crippen molar-refractivity contribution in [2.75, 3.05) is 11.1 Å². The predicted molar refractivity (Wildman–Crippen MR) is 126 cm³/mol. The molecule has 0 fully saturated rings. The molecule has 0 aliphatic heterocycles. The lowest BCUT2D eigenvalue weighted by molar-refractivity contribution is -0.113. The molecular weight excluding hydrogens is 414 g/mol. The summed E-state index contributed by atoms with van der Waals surface area (Å²) in [5.41, 5.74) is 4.46. The van der Waals surface area contributed by atoms with E-state index in [0.29, 0.717) is 21.9 Å². The molecule has 0 spiro atoms. The minimum Gasteiger partial charge on any atom is -0.325 e. The van der Waals surface area contributed by atoms with Crippen molar-refractivity contribution in [1.29, 1.82) is 0 Å². The molecule has 30 heavy (non-hydrogen) atoms. The van der Waals surface area contributed by atoms with Crippen LogP contribution in [0.3, 0.4) is 0 Å². The Balaban J connectivity index is 1.63. The molecule has 2 aromatic heterocycles. The first-order valence-corrected chi connectivity index (χ1v) is 11.5. The van der Waals surface area contributed by atoms with Gasteiger partial charge in [0.05, 0.1) is 11.3 Å². The molecule has 4 rings (SSSR count). The molecule has 2 heterocycles. The van der Waals surface area contributed by atoms with Crippen LogP contribution in [-0.2, 0) is 11.3 Å². The summed E-state index contributed by atoms with van der Waals surface area (Å²) in [7, 11) is 0. The summed E-state index contributed by atoms with van der Waals surface area (Å²) in [4.78, 5) is 30.2. The molecule has 7 heteroatoms. The molecule has 0 bridgehead atoms. The number of thioether (sulfide) groups is 1. The monoisotopic (exact) mass is 435 g/mol. The first-order chi connectivity index (χ1) is 14.6. The number of thiophene rings is 1. The number of anilines is 1. The highest BCUT2D eigenvalue weighted by atomic mass is 32.2. The highest BCUT2D eigenvalue weighted by Crippen LogP contribution is 2.32. The van der Waals surface area contributed by atoms with Crippen molar-refractivity contribution in [2.24, 2.45) is 0 Å². The summed E-state index contributed by atoms with van der Waals surface area (Å²) in [6, 6.07) is 17.6. The van der Waals surface area contributed by atoms with E-state index >= 15 is 0 Å². The number of fused-ring (bicyclic) bond motifs is 1. The van der Waals surface area contributed by atoms with Gasteiger partial charge in [0.2, 0.25) is 5.91 Å². The fraction of sp³-hybridized carbons (Fsp3) is 0.174. The third-order valence-electron chi connectivity index (χ3n) is 4.68. The van der Waals surface area contributed by atoms with Gasteiger partial charge in [-0.1, -0.05) is 54.2 Å². The average molecular weight is 436 g/mol. The zero-order chi connectivity index (χ0) is 21.1. The standard InChI is InChI=1S/C23H21N3O2S2/c1-3-26-22(28)21-20(18(13-29-21)16-9-5-4-6-10-16)25-23(26)30-14-19(27)24-17-11-7-8-15(2)12-17/h4-13H,3,14H2,1-2H3,(H,24,27). The smallest absolute Gasteiger partial charge is 0.272 e. The maximum absolute atomic E-state index is 13.0. The zero-order valence-electron chi connectivity index (χ0n) is 16.7. The van der Waals surface area contributed by atoms with Crippen molar-refractivity contribution in [2.45, 2.75) is 25.5 Å². The number of carbonyl (C=O) groups is 1. The molecule has 0 radical (unpaired) electrons. The van der Waals surface area contributed by atoms with Gasteiger partial charge in [0, 0.05) is 23.2 Å². The van der Waals surface area contributed by atoms with Crippen LogP contribution in [0, 0.1) is 6.92 Å². The minimum absolute atomic E-state index is 0.0590. The van der Waals surface area contributed by atoms with Gasteiger partial charge in [0.1, 0.15) is 4.70 Å². The fourth-order valence-corrected chi connectivity index (χ4v) is 5.06. The van der Waals surface area contributed by atoms with E-state index in [4.69, 9.17) is 4.98 Å². The summed E-state index contributed by atoms with van der Waals surface area (Å²) in [5, 5.41) is 5.44. The largest absolute Gasteiger partial charge is 0.325 e. The number of nitrogens with zero attached hydrogens (tertiary/aromatic N) is 2. The normalized spacial score (nSPS) is 11.0. The number of aromatic nitrogens is 2. The number of rotatable bonds is 6. The van der Waals surface area contributed by atoms with E-state index in [-0.39, 0.29) is 17.2 Å². The van der Waals surface area contributed by atoms with Crippen LogP contribution in [0.25, 0.3) is 21.3 Å². The Morgan fingerprint density at radius 2 is 1.97 bits per heavy atom. The van der Waals surface area contributed by atoms with Crippen LogP contribution in [0.5, 0.6) is 0 Å².